The molecule has 7 nitrogen and oxygen atoms in total. The number of amides is 3. The molecule has 2 aromatic rings. The highest BCUT2D eigenvalue weighted by atomic mass is 19.1. The van der Waals surface area contributed by atoms with Crippen molar-refractivity contribution in [3.8, 4) is 0 Å². The highest BCUT2D eigenvalue weighted by molar-refractivity contribution is 6.05. The van der Waals surface area contributed by atoms with E-state index in [1.807, 2.05) is 13.0 Å². The van der Waals surface area contributed by atoms with E-state index in [4.69, 9.17) is 0 Å². The number of anilines is 3. The summed E-state index contributed by atoms with van der Waals surface area (Å²) in [5.74, 6) is -1.12. The third-order valence-corrected chi connectivity index (χ3v) is 5.49. The Bertz CT molecular complexity index is 1010. The van der Waals surface area contributed by atoms with Crippen LogP contribution in [-0.4, -0.2) is 48.3 Å². The van der Waals surface area contributed by atoms with Gasteiger partial charge in [0.05, 0.1) is 24.0 Å². The van der Waals surface area contributed by atoms with Gasteiger partial charge in [0.1, 0.15) is 5.82 Å². The summed E-state index contributed by atoms with van der Waals surface area (Å²) in [5, 5.41) is 5.51. The van der Waals surface area contributed by atoms with Crippen molar-refractivity contribution in [2.24, 2.45) is 0 Å². The number of halogens is 1. The summed E-state index contributed by atoms with van der Waals surface area (Å²) in [6, 6.07) is 10.7. The lowest BCUT2D eigenvalue weighted by atomic mass is 10.1. The predicted octanol–water partition coefficient (Wildman–Crippen LogP) is 3.16. The number of para-hydroxylation sites is 2. The molecule has 0 bridgehead atoms. The number of carbonyl (C=O) groups excluding carboxylic acids is 3. The van der Waals surface area contributed by atoms with Crippen molar-refractivity contribution >= 4 is 34.8 Å². The van der Waals surface area contributed by atoms with Gasteiger partial charge >= 0.3 is 0 Å². The predicted molar refractivity (Wildman–Crippen MR) is 118 cm³/mol. The Hall–Kier alpha value is -3.26. The Balaban J connectivity index is 1.70. The molecule has 2 aromatic carbocycles. The molecule has 164 valence electrons. The van der Waals surface area contributed by atoms with Gasteiger partial charge in [-0.05, 0) is 57.6 Å². The summed E-state index contributed by atoms with van der Waals surface area (Å²) in [7, 11) is 1.68. The lowest BCUT2D eigenvalue weighted by molar-refractivity contribution is -0.123. The minimum Gasteiger partial charge on any atom is -0.325 e. The third-order valence-electron chi connectivity index (χ3n) is 5.49. The van der Waals surface area contributed by atoms with Crippen LogP contribution in [0.15, 0.2) is 42.5 Å². The fraction of sp³-hybridized carbons (Fsp3) is 0.348. The molecule has 3 amide bonds. The maximum atomic E-state index is 13.7. The Labute approximate surface area is 181 Å². The van der Waals surface area contributed by atoms with Gasteiger partial charge in [-0.3, -0.25) is 19.3 Å². The summed E-state index contributed by atoms with van der Waals surface area (Å²) in [5.41, 5.74) is 2.07. The molecule has 3 rings (SSSR count). The maximum absolute atomic E-state index is 13.7. The smallest absolute Gasteiger partial charge is 0.241 e. The van der Waals surface area contributed by atoms with E-state index in [0.717, 1.165) is 0 Å². The van der Waals surface area contributed by atoms with E-state index in [2.05, 4.69) is 10.6 Å². The molecule has 31 heavy (non-hydrogen) atoms. The van der Waals surface area contributed by atoms with E-state index in [0.29, 0.717) is 22.6 Å². The molecule has 0 spiro atoms. The second kappa shape index (κ2) is 9.26. The standard InChI is InChI=1S/C23H27FN4O3/c1-14-9-10-17(12-18(14)24)25-23(31)16(3)27(4)13-22(30)28-15(2)11-21(29)26-19-7-5-6-8-20(19)28/h5-10,12,15-16H,11,13H2,1-4H3,(H,25,31)(H,26,29)/t15-,16+/m1/s1. The molecule has 1 aliphatic heterocycles. The van der Waals surface area contributed by atoms with Crippen LogP contribution in [0.5, 0.6) is 0 Å². The lowest BCUT2D eigenvalue weighted by Gasteiger charge is -2.31. The van der Waals surface area contributed by atoms with E-state index in [1.54, 1.807) is 61.0 Å². The zero-order valence-electron chi connectivity index (χ0n) is 18.1. The van der Waals surface area contributed by atoms with Crippen molar-refractivity contribution in [3.63, 3.8) is 0 Å². The molecule has 0 saturated carbocycles. The molecule has 0 radical (unpaired) electrons. The number of rotatable bonds is 5. The van der Waals surface area contributed by atoms with Crippen molar-refractivity contribution in [1.82, 2.24) is 4.90 Å². The topological polar surface area (TPSA) is 81.8 Å². The van der Waals surface area contributed by atoms with Crippen LogP contribution in [0.25, 0.3) is 0 Å². The van der Waals surface area contributed by atoms with Crippen LogP contribution in [0.3, 0.4) is 0 Å². The van der Waals surface area contributed by atoms with Gasteiger partial charge in [-0.25, -0.2) is 4.39 Å². The molecule has 0 unspecified atom stereocenters. The van der Waals surface area contributed by atoms with E-state index in [-0.39, 0.29) is 36.7 Å². The summed E-state index contributed by atoms with van der Waals surface area (Å²) in [4.78, 5) is 41.1. The van der Waals surface area contributed by atoms with Crippen LogP contribution >= 0.6 is 0 Å². The Morgan fingerprint density at radius 1 is 1.29 bits per heavy atom. The first-order valence-electron chi connectivity index (χ1n) is 10.2. The first-order valence-corrected chi connectivity index (χ1v) is 10.2. The molecule has 8 heteroatoms. The first-order chi connectivity index (χ1) is 14.7. The molecule has 2 N–H and O–H groups in total. The van der Waals surface area contributed by atoms with Gasteiger partial charge < -0.3 is 15.5 Å². The van der Waals surface area contributed by atoms with E-state index < -0.39 is 11.9 Å². The van der Waals surface area contributed by atoms with Crippen molar-refractivity contribution < 1.29 is 18.8 Å². The monoisotopic (exact) mass is 426 g/mol. The Kier molecular flexibility index (Phi) is 6.70. The molecule has 1 heterocycles. The minimum absolute atomic E-state index is 0.0241. The van der Waals surface area contributed by atoms with Crippen molar-refractivity contribution in [1.29, 1.82) is 0 Å². The van der Waals surface area contributed by atoms with E-state index >= 15 is 0 Å². The van der Waals surface area contributed by atoms with Crippen LogP contribution in [-0.2, 0) is 14.4 Å². The number of nitrogens with one attached hydrogen (secondary N) is 2. The highest BCUT2D eigenvalue weighted by Crippen LogP contribution is 2.31. The average molecular weight is 426 g/mol. The summed E-state index contributed by atoms with van der Waals surface area (Å²) in [6.45, 7) is 5.12. The summed E-state index contributed by atoms with van der Waals surface area (Å²) < 4.78 is 13.7. The maximum Gasteiger partial charge on any atom is 0.241 e. The number of carbonyl (C=O) groups is 3. The van der Waals surface area contributed by atoms with E-state index in [1.165, 1.54) is 6.07 Å². The third kappa shape index (κ3) is 5.08. The number of benzene rings is 2. The number of aryl methyl sites for hydroxylation is 1. The zero-order valence-corrected chi connectivity index (χ0v) is 18.1. The van der Waals surface area contributed by atoms with Crippen molar-refractivity contribution in [3.05, 3.63) is 53.8 Å². The van der Waals surface area contributed by atoms with Crippen molar-refractivity contribution in [2.75, 3.05) is 29.1 Å². The SMILES string of the molecule is Cc1ccc(NC(=O)[C@H](C)N(C)CC(=O)N2c3ccccc3NC(=O)C[C@H]2C)cc1F. The largest absolute Gasteiger partial charge is 0.325 e. The van der Waals surface area contributed by atoms with Crippen LogP contribution in [0.4, 0.5) is 21.5 Å². The first kappa shape index (κ1) is 22.4. The van der Waals surface area contributed by atoms with Crippen LogP contribution in [0, 0.1) is 12.7 Å². The van der Waals surface area contributed by atoms with Gasteiger partial charge in [0, 0.05) is 18.2 Å². The van der Waals surface area contributed by atoms with Crippen LogP contribution < -0.4 is 15.5 Å². The molecule has 1 aliphatic rings. The molecular formula is C23H27FN4O3. The fourth-order valence-corrected chi connectivity index (χ4v) is 3.51. The number of hydrogen-bond acceptors (Lipinski definition) is 4. The summed E-state index contributed by atoms with van der Waals surface area (Å²) in [6.07, 6.45) is 0.180. The van der Waals surface area contributed by atoms with Gasteiger partial charge in [-0.15, -0.1) is 0 Å². The lowest BCUT2D eigenvalue weighted by Crippen LogP contribution is -2.48. The molecular weight excluding hydrogens is 399 g/mol. The van der Waals surface area contributed by atoms with Gasteiger partial charge in [0.15, 0.2) is 0 Å². The molecule has 0 aromatic heterocycles. The number of nitrogens with zero attached hydrogens (tertiary/aromatic N) is 2. The zero-order chi connectivity index (χ0) is 22.7. The highest BCUT2D eigenvalue weighted by Gasteiger charge is 2.31. The van der Waals surface area contributed by atoms with Crippen LogP contribution in [0.1, 0.15) is 25.8 Å². The second-order valence-electron chi connectivity index (χ2n) is 7.93. The normalized spacial score (nSPS) is 16.9. The van der Waals surface area contributed by atoms with Crippen molar-refractivity contribution in [2.45, 2.75) is 39.3 Å². The minimum atomic E-state index is -0.634. The quantitative estimate of drug-likeness (QED) is 0.770. The molecule has 0 fully saturated rings. The fourth-order valence-electron chi connectivity index (χ4n) is 3.51. The van der Waals surface area contributed by atoms with Gasteiger partial charge in [-0.2, -0.15) is 0 Å². The summed E-state index contributed by atoms with van der Waals surface area (Å²) >= 11 is 0. The number of fused-ring (bicyclic) bond motifs is 1. The number of hydrogen-bond donors (Lipinski definition) is 2. The number of likely N-dealkylation sites (N-methyl/N-ethyl adjacent to an activating group) is 1. The van der Waals surface area contributed by atoms with Gasteiger partial charge in [-0.1, -0.05) is 18.2 Å². The van der Waals surface area contributed by atoms with Gasteiger partial charge in [0.2, 0.25) is 17.7 Å². The molecule has 2 atom stereocenters. The second-order valence-corrected chi connectivity index (χ2v) is 7.93. The molecule has 0 saturated heterocycles. The van der Waals surface area contributed by atoms with Crippen LogP contribution in [0.2, 0.25) is 0 Å². The Morgan fingerprint density at radius 2 is 2.00 bits per heavy atom. The Morgan fingerprint density at radius 3 is 2.71 bits per heavy atom. The van der Waals surface area contributed by atoms with E-state index in [9.17, 15) is 18.8 Å². The average Bonchev–Trinajstić information content (AvgIpc) is 2.84. The van der Waals surface area contributed by atoms with Gasteiger partial charge in [0.25, 0.3) is 0 Å². The molecule has 0 aliphatic carbocycles.